The van der Waals surface area contributed by atoms with Gasteiger partial charge < -0.3 is 19.3 Å². The molecule has 0 spiro atoms. The molecule has 1 saturated heterocycles. The topological polar surface area (TPSA) is 71.1 Å². The van der Waals surface area contributed by atoms with Gasteiger partial charge in [-0.2, -0.15) is 8.78 Å². The molecule has 1 fully saturated rings. The molecule has 2 aromatic carbocycles. The summed E-state index contributed by atoms with van der Waals surface area (Å²) >= 11 is 0. The van der Waals surface area contributed by atoms with Gasteiger partial charge in [0, 0.05) is 19.6 Å². The van der Waals surface area contributed by atoms with Gasteiger partial charge in [0.15, 0.2) is 0 Å². The molecule has 0 aliphatic carbocycles. The van der Waals surface area contributed by atoms with E-state index in [4.69, 9.17) is 4.74 Å². The van der Waals surface area contributed by atoms with Crippen LogP contribution in [-0.4, -0.2) is 60.3 Å². The van der Waals surface area contributed by atoms with Gasteiger partial charge >= 0.3 is 6.61 Å². The Balaban J connectivity index is 1.90. The van der Waals surface area contributed by atoms with Gasteiger partial charge in [0.1, 0.15) is 16.4 Å². The third kappa shape index (κ3) is 5.31. The number of para-hydroxylation sites is 1. The Hall–Kier alpha value is -2.59. The van der Waals surface area contributed by atoms with Crippen molar-refractivity contribution in [1.82, 2.24) is 4.90 Å². The number of anilines is 2. The van der Waals surface area contributed by atoms with E-state index in [-0.39, 0.29) is 4.90 Å². The van der Waals surface area contributed by atoms with E-state index in [9.17, 15) is 17.2 Å². The molecule has 30 heavy (non-hydrogen) atoms. The number of halogens is 2. The van der Waals surface area contributed by atoms with Crippen LogP contribution in [0.5, 0.6) is 11.5 Å². The Kier molecular flexibility index (Phi) is 6.99. The average molecular weight is 442 g/mol. The largest absolute Gasteiger partial charge is 0.495 e. The molecule has 1 N–H and O–H groups in total. The van der Waals surface area contributed by atoms with Crippen LogP contribution in [0.15, 0.2) is 47.4 Å². The first-order valence-electron chi connectivity index (χ1n) is 9.48. The zero-order chi connectivity index (χ0) is 21.7. The number of benzene rings is 2. The minimum atomic E-state index is -4.15. The lowest BCUT2D eigenvalue weighted by atomic mass is 10.2. The van der Waals surface area contributed by atoms with E-state index in [1.165, 1.54) is 24.3 Å². The van der Waals surface area contributed by atoms with Crippen LogP contribution < -0.4 is 19.1 Å². The molecule has 1 heterocycles. The van der Waals surface area contributed by atoms with E-state index in [0.717, 1.165) is 38.3 Å². The Morgan fingerprint density at radius 1 is 1.03 bits per heavy atom. The van der Waals surface area contributed by atoms with Crippen LogP contribution in [0.4, 0.5) is 20.2 Å². The molecule has 0 radical (unpaired) electrons. The van der Waals surface area contributed by atoms with Crippen molar-refractivity contribution in [3.05, 3.63) is 42.5 Å². The second-order valence-corrected chi connectivity index (χ2v) is 8.61. The maximum Gasteiger partial charge on any atom is 0.387 e. The highest BCUT2D eigenvalue weighted by atomic mass is 32.2. The first-order valence-corrected chi connectivity index (χ1v) is 11.0. The van der Waals surface area contributed by atoms with Crippen molar-refractivity contribution in [2.24, 2.45) is 0 Å². The molecule has 7 nitrogen and oxygen atoms in total. The molecule has 0 amide bonds. The van der Waals surface area contributed by atoms with E-state index in [2.05, 4.69) is 26.3 Å². The predicted octanol–water partition coefficient (Wildman–Crippen LogP) is 3.24. The van der Waals surface area contributed by atoms with E-state index in [1.807, 2.05) is 0 Å². The van der Waals surface area contributed by atoms with Gasteiger partial charge in [-0.15, -0.1) is 0 Å². The van der Waals surface area contributed by atoms with Gasteiger partial charge in [0.25, 0.3) is 10.0 Å². The quantitative estimate of drug-likeness (QED) is 0.711. The molecule has 1 aliphatic heterocycles. The normalized spacial score (nSPS) is 15.7. The van der Waals surface area contributed by atoms with Gasteiger partial charge in [0.2, 0.25) is 0 Å². The molecular formula is C20H25F2N3O4S. The molecule has 2 aromatic rings. The van der Waals surface area contributed by atoms with Crippen LogP contribution in [0.25, 0.3) is 0 Å². The van der Waals surface area contributed by atoms with Crippen molar-refractivity contribution < 1.29 is 26.7 Å². The third-order valence-electron chi connectivity index (χ3n) is 4.85. The van der Waals surface area contributed by atoms with Crippen molar-refractivity contribution in [3.63, 3.8) is 0 Å². The van der Waals surface area contributed by atoms with E-state index < -0.39 is 22.4 Å². The highest BCUT2D eigenvalue weighted by Crippen LogP contribution is 2.34. The summed E-state index contributed by atoms with van der Waals surface area (Å²) in [6.07, 6.45) is 0.966. The zero-order valence-corrected chi connectivity index (χ0v) is 17.7. The second-order valence-electron chi connectivity index (χ2n) is 6.96. The third-order valence-corrected chi connectivity index (χ3v) is 6.27. The van der Waals surface area contributed by atoms with Crippen molar-refractivity contribution >= 4 is 21.4 Å². The van der Waals surface area contributed by atoms with Crippen molar-refractivity contribution in [2.45, 2.75) is 17.9 Å². The maximum atomic E-state index is 12.9. The average Bonchev–Trinajstić information content (AvgIpc) is 2.92. The first kappa shape index (κ1) is 22.1. The molecule has 0 unspecified atom stereocenters. The summed E-state index contributed by atoms with van der Waals surface area (Å²) < 4.78 is 63.3. The smallest absolute Gasteiger partial charge is 0.387 e. The Morgan fingerprint density at radius 3 is 2.53 bits per heavy atom. The lowest BCUT2D eigenvalue weighted by Gasteiger charge is -2.25. The summed E-state index contributed by atoms with van der Waals surface area (Å²) in [6, 6.07) is 10.2. The van der Waals surface area contributed by atoms with Crippen LogP contribution in [0.2, 0.25) is 0 Å². The number of methoxy groups -OCH3 is 1. The molecule has 3 rings (SSSR count). The summed E-state index contributed by atoms with van der Waals surface area (Å²) in [7, 11) is -0.529. The molecule has 10 heteroatoms. The Bertz CT molecular complexity index is 972. The second kappa shape index (κ2) is 9.48. The Morgan fingerprint density at radius 2 is 1.80 bits per heavy atom. The van der Waals surface area contributed by atoms with Crippen LogP contribution in [0.1, 0.15) is 6.42 Å². The molecular weight excluding hydrogens is 416 g/mol. The first-order chi connectivity index (χ1) is 14.3. The summed E-state index contributed by atoms with van der Waals surface area (Å²) in [5, 5.41) is 0. The monoisotopic (exact) mass is 441 g/mol. The van der Waals surface area contributed by atoms with Gasteiger partial charge in [-0.3, -0.25) is 4.72 Å². The molecule has 1 aliphatic rings. The molecule has 0 aromatic heterocycles. The number of nitrogens with one attached hydrogen (secondary N) is 1. The Labute approximate surface area is 175 Å². The fraction of sp³-hybridized carbons (Fsp3) is 0.400. The molecule has 0 atom stereocenters. The van der Waals surface area contributed by atoms with E-state index >= 15 is 0 Å². The summed E-state index contributed by atoms with van der Waals surface area (Å²) in [5.74, 6) is 0.216. The summed E-state index contributed by atoms with van der Waals surface area (Å²) in [5.41, 5.74) is 1.07. The van der Waals surface area contributed by atoms with Crippen molar-refractivity contribution in [2.75, 3.05) is 50.0 Å². The number of sulfonamides is 1. The number of nitrogens with zero attached hydrogens (tertiary/aromatic N) is 2. The van der Waals surface area contributed by atoms with Gasteiger partial charge in [0.05, 0.1) is 18.5 Å². The number of alkyl halides is 2. The minimum absolute atomic E-state index is 0.301. The van der Waals surface area contributed by atoms with Crippen molar-refractivity contribution in [1.29, 1.82) is 0 Å². The lowest BCUT2D eigenvalue weighted by molar-refractivity contribution is -0.0517. The van der Waals surface area contributed by atoms with Crippen LogP contribution >= 0.6 is 0 Å². The molecule has 0 saturated carbocycles. The van der Waals surface area contributed by atoms with Crippen LogP contribution in [0, 0.1) is 0 Å². The number of hydrogen-bond acceptors (Lipinski definition) is 6. The maximum absolute atomic E-state index is 12.9. The highest BCUT2D eigenvalue weighted by Gasteiger charge is 2.23. The SMILES string of the molecule is COc1ccc(NS(=O)(=O)c2ccccc2OC(F)F)cc1N1CCCN(C)CC1. The molecule has 164 valence electrons. The van der Waals surface area contributed by atoms with Gasteiger partial charge in [-0.25, -0.2) is 8.42 Å². The lowest BCUT2D eigenvalue weighted by Crippen LogP contribution is -2.29. The number of likely N-dealkylation sites (N-methyl/N-ethyl adjacent to an activating group) is 1. The van der Waals surface area contributed by atoms with E-state index in [1.54, 1.807) is 25.3 Å². The zero-order valence-electron chi connectivity index (χ0n) is 16.8. The molecule has 0 bridgehead atoms. The highest BCUT2D eigenvalue weighted by molar-refractivity contribution is 7.92. The fourth-order valence-corrected chi connectivity index (χ4v) is 4.55. The van der Waals surface area contributed by atoms with Gasteiger partial charge in [-0.1, -0.05) is 12.1 Å². The minimum Gasteiger partial charge on any atom is -0.495 e. The predicted molar refractivity (Wildman–Crippen MR) is 111 cm³/mol. The standard InChI is InChI=1S/C20H25F2N3O4S/c1-24-10-5-11-25(13-12-24)16-14-15(8-9-17(16)28-2)23-30(26,27)19-7-4-3-6-18(19)29-20(21)22/h3-4,6-9,14,20,23H,5,10-13H2,1-2H3. The summed E-state index contributed by atoms with van der Waals surface area (Å²) in [6.45, 7) is 0.301. The van der Waals surface area contributed by atoms with Crippen LogP contribution in [0.3, 0.4) is 0 Å². The van der Waals surface area contributed by atoms with Crippen molar-refractivity contribution in [3.8, 4) is 11.5 Å². The fourth-order valence-electron chi connectivity index (χ4n) is 3.36. The van der Waals surface area contributed by atoms with E-state index in [0.29, 0.717) is 11.4 Å². The number of hydrogen-bond donors (Lipinski definition) is 1. The number of ether oxygens (including phenoxy) is 2. The number of rotatable bonds is 7. The summed E-state index contributed by atoms with van der Waals surface area (Å²) in [4.78, 5) is 4.02. The van der Waals surface area contributed by atoms with Gasteiger partial charge in [-0.05, 0) is 50.3 Å². The van der Waals surface area contributed by atoms with Crippen LogP contribution in [-0.2, 0) is 10.0 Å².